The molecule has 6 rings (SSSR count). The average Bonchev–Trinajstić information content (AvgIpc) is 2.34. The topological polar surface area (TPSA) is 111 Å². The van der Waals surface area contributed by atoms with Gasteiger partial charge in [-0.2, -0.15) is 0 Å². The van der Waals surface area contributed by atoms with E-state index in [-0.39, 0.29) is 6.04 Å². The minimum atomic E-state index is -3.56. The van der Waals surface area contributed by atoms with Crippen molar-refractivity contribution in [3.8, 4) is 0 Å². The summed E-state index contributed by atoms with van der Waals surface area (Å²) in [5.41, 5.74) is 0. The summed E-state index contributed by atoms with van der Waals surface area (Å²) in [6.45, 7) is 16.1. The van der Waals surface area contributed by atoms with Gasteiger partial charge in [0.05, 0.1) is 0 Å². The molecule has 6 heterocycles. The molecular formula is C10H26O12Si8. The van der Waals surface area contributed by atoms with E-state index in [4.69, 9.17) is 49.4 Å². The highest BCUT2D eigenvalue weighted by atomic mass is 28.6. The second-order valence-electron chi connectivity index (χ2n) is 8.44. The molecule has 0 aromatic rings. The summed E-state index contributed by atoms with van der Waals surface area (Å²) < 4.78 is 77.8. The number of hydrogen-bond acceptors (Lipinski definition) is 12. The minimum absolute atomic E-state index is 0.275. The molecule has 0 aromatic heterocycles. The van der Waals surface area contributed by atoms with Crippen LogP contribution in [0.4, 0.5) is 0 Å². The Morgan fingerprint density at radius 3 is 0.833 bits per heavy atom. The van der Waals surface area contributed by atoms with Crippen molar-refractivity contribution in [2.24, 2.45) is 0 Å². The summed E-state index contributed by atoms with van der Waals surface area (Å²) in [7, 11) is -27.8. The zero-order chi connectivity index (χ0) is 21.9. The molecule has 8 bridgehead atoms. The van der Waals surface area contributed by atoms with Gasteiger partial charge in [-0.15, -0.1) is 6.58 Å². The second-order valence-corrected chi connectivity index (χ2v) is 32.1. The van der Waals surface area contributed by atoms with E-state index in [2.05, 4.69) is 6.58 Å². The molecule has 12 nitrogen and oxygen atoms in total. The van der Waals surface area contributed by atoms with Gasteiger partial charge in [0.2, 0.25) is 0 Å². The normalized spacial score (nSPS) is 62.2. The first-order valence-electron chi connectivity index (χ1n) is 9.57. The van der Waals surface area contributed by atoms with Crippen LogP contribution in [0.1, 0.15) is 0 Å². The van der Waals surface area contributed by atoms with Gasteiger partial charge in [-0.1, -0.05) is 6.08 Å². The monoisotopic (exact) mass is 562 g/mol. The van der Waals surface area contributed by atoms with Gasteiger partial charge in [0.25, 0.3) is 0 Å². The molecule has 0 unspecified atom stereocenters. The molecule has 0 saturated carbocycles. The van der Waals surface area contributed by atoms with Crippen molar-refractivity contribution >= 4 is 70.4 Å². The molecule has 0 aliphatic carbocycles. The average molecular weight is 563 g/mol. The standard InChI is InChI=1S/C10H26O12Si8/c1-9-10-30-20-27(6)14-24(3)11-23(2)12-25(4,16-27)18-29(8,22-30)19-26(5,13-23)17-28(7,15-24)21-30/h9H,1,10H2,2-8H3. The fourth-order valence-electron chi connectivity index (χ4n) is 4.68. The van der Waals surface area contributed by atoms with Gasteiger partial charge >= 0.3 is 70.4 Å². The maximum Gasteiger partial charge on any atom is 0.482 e. The van der Waals surface area contributed by atoms with Gasteiger partial charge in [-0.05, 0) is 0 Å². The summed E-state index contributed by atoms with van der Waals surface area (Å²) in [6, 6.07) is 0.275. The summed E-state index contributed by atoms with van der Waals surface area (Å²) >= 11 is 0. The molecular weight excluding hydrogens is 537 g/mol. The molecule has 6 aliphatic heterocycles. The Morgan fingerprint density at radius 2 is 0.633 bits per heavy atom. The molecule has 6 saturated heterocycles. The first-order chi connectivity index (χ1) is 13.5. The van der Waals surface area contributed by atoms with Crippen LogP contribution in [0.2, 0.25) is 51.9 Å². The number of hydrogen-bond donors (Lipinski definition) is 0. The van der Waals surface area contributed by atoms with E-state index in [1.165, 1.54) is 0 Å². The van der Waals surface area contributed by atoms with E-state index in [0.717, 1.165) is 0 Å². The van der Waals surface area contributed by atoms with Crippen LogP contribution in [0.25, 0.3) is 0 Å². The summed E-state index contributed by atoms with van der Waals surface area (Å²) in [5.74, 6) is 0. The van der Waals surface area contributed by atoms with E-state index in [1.54, 1.807) is 51.9 Å². The maximum atomic E-state index is 6.56. The highest BCUT2D eigenvalue weighted by molar-refractivity contribution is 7.02. The zero-order valence-electron chi connectivity index (χ0n) is 17.9. The van der Waals surface area contributed by atoms with Crippen LogP contribution in [0.15, 0.2) is 12.7 Å². The van der Waals surface area contributed by atoms with E-state index in [1.807, 2.05) is 0 Å². The Kier molecular flexibility index (Phi) is 4.82. The van der Waals surface area contributed by atoms with Crippen molar-refractivity contribution < 1.29 is 49.4 Å². The highest BCUT2D eigenvalue weighted by Gasteiger charge is 2.78. The van der Waals surface area contributed by atoms with Crippen LogP contribution in [0, 0.1) is 0 Å². The quantitative estimate of drug-likeness (QED) is 0.358. The van der Waals surface area contributed by atoms with Gasteiger partial charge in [-0.25, -0.2) is 0 Å². The number of rotatable bonds is 2. The fraction of sp³-hybridized carbons (Fsp3) is 0.800. The summed E-state index contributed by atoms with van der Waals surface area (Å²) in [6.07, 6.45) is 1.67. The van der Waals surface area contributed by atoms with Crippen molar-refractivity contribution in [3.05, 3.63) is 12.7 Å². The minimum Gasteiger partial charge on any atom is -0.374 e. The SMILES string of the molecule is C=CC[Si]12O[Si]3(C)O[Si]4(C)O[Si]5(C)O[Si](C)(O3)O[Si](C)(O[Si](C)(O5)O[Si](C)(O4)O1)O2. The molecule has 0 atom stereocenters. The number of allylic oxidation sites excluding steroid dienone is 1. The Balaban J connectivity index is 1.79. The lowest BCUT2D eigenvalue weighted by Gasteiger charge is -2.60. The lowest BCUT2D eigenvalue weighted by molar-refractivity contribution is -0.0184. The smallest absolute Gasteiger partial charge is 0.374 e. The first-order valence-corrected chi connectivity index (χ1v) is 27.1. The van der Waals surface area contributed by atoms with E-state index in [0.29, 0.717) is 0 Å². The lowest BCUT2D eigenvalue weighted by Crippen LogP contribution is -2.86. The van der Waals surface area contributed by atoms with Crippen LogP contribution in [-0.2, 0) is 49.4 Å². The van der Waals surface area contributed by atoms with Crippen LogP contribution >= 0.6 is 0 Å². The molecule has 0 aromatic carbocycles. The Morgan fingerprint density at radius 1 is 0.433 bits per heavy atom. The van der Waals surface area contributed by atoms with Gasteiger partial charge in [0, 0.05) is 51.9 Å². The fourth-order valence-corrected chi connectivity index (χ4v) is 50.1. The third-order valence-electron chi connectivity index (χ3n) is 4.75. The van der Waals surface area contributed by atoms with Crippen molar-refractivity contribution in [2.45, 2.75) is 51.9 Å². The third kappa shape index (κ3) is 3.83. The third-order valence-corrected chi connectivity index (χ3v) is 40.4. The Hall–Kier alpha value is 0.995. The van der Waals surface area contributed by atoms with E-state index >= 15 is 0 Å². The molecule has 6 aliphatic rings. The maximum absolute atomic E-state index is 6.56. The van der Waals surface area contributed by atoms with Crippen molar-refractivity contribution in [1.29, 1.82) is 0 Å². The van der Waals surface area contributed by atoms with Crippen LogP contribution in [0.5, 0.6) is 0 Å². The van der Waals surface area contributed by atoms with E-state index < -0.39 is 70.4 Å². The Labute approximate surface area is 184 Å². The highest BCUT2D eigenvalue weighted by Crippen LogP contribution is 2.48. The second kappa shape index (κ2) is 6.35. The van der Waals surface area contributed by atoms with Gasteiger partial charge in [-0.3, -0.25) is 0 Å². The molecule has 0 amide bonds. The lowest BCUT2D eigenvalue weighted by atomic mass is 10.8. The van der Waals surface area contributed by atoms with E-state index in [9.17, 15) is 0 Å². The molecule has 20 heteroatoms. The Bertz CT molecular complexity index is 688. The zero-order valence-corrected chi connectivity index (χ0v) is 25.9. The predicted molar refractivity (Wildman–Crippen MR) is 115 cm³/mol. The van der Waals surface area contributed by atoms with Crippen LogP contribution in [0.3, 0.4) is 0 Å². The van der Waals surface area contributed by atoms with Crippen molar-refractivity contribution in [3.63, 3.8) is 0 Å². The van der Waals surface area contributed by atoms with Gasteiger partial charge < -0.3 is 49.4 Å². The summed E-state index contributed by atoms with van der Waals surface area (Å²) in [4.78, 5) is 0. The molecule has 170 valence electrons. The van der Waals surface area contributed by atoms with Crippen LogP contribution in [-0.4, -0.2) is 70.4 Å². The molecule has 0 radical (unpaired) electrons. The van der Waals surface area contributed by atoms with Gasteiger partial charge in [0.1, 0.15) is 0 Å². The largest absolute Gasteiger partial charge is 0.482 e. The molecule has 30 heavy (non-hydrogen) atoms. The van der Waals surface area contributed by atoms with Crippen molar-refractivity contribution in [2.75, 3.05) is 0 Å². The molecule has 0 spiro atoms. The molecule has 0 N–H and O–H groups in total. The first kappa shape index (κ1) is 22.8. The predicted octanol–water partition coefficient (Wildman–Crippen LogP) is 1.36. The summed E-state index contributed by atoms with van der Waals surface area (Å²) in [5, 5.41) is 0. The van der Waals surface area contributed by atoms with Crippen LogP contribution < -0.4 is 0 Å². The van der Waals surface area contributed by atoms with Gasteiger partial charge in [0.15, 0.2) is 0 Å². The van der Waals surface area contributed by atoms with Crippen molar-refractivity contribution in [1.82, 2.24) is 0 Å². The molecule has 6 fully saturated rings.